The monoisotopic (exact) mass is 394 g/mol. The van der Waals surface area contributed by atoms with Gasteiger partial charge in [0.05, 0.1) is 7.11 Å². The Kier molecular flexibility index (Phi) is 6.69. The standard InChI is InChI=1S/C23H27N2O2P/c1-18(20-10-6-4-7-11-20)24-28(26,23-16-14-22(27-3)15-17-23)25-19(2)21-12-8-5-9-13-21/h4-19H,1-3H3,(H2,24,25,26)/t18-,19-/m1/s1. The second-order valence-electron chi connectivity index (χ2n) is 6.83. The molecule has 0 amide bonds. The molecule has 0 radical (unpaired) electrons. The summed E-state index contributed by atoms with van der Waals surface area (Å²) >= 11 is 0. The van der Waals surface area contributed by atoms with Crippen molar-refractivity contribution < 1.29 is 9.30 Å². The van der Waals surface area contributed by atoms with E-state index in [1.165, 1.54) is 0 Å². The summed E-state index contributed by atoms with van der Waals surface area (Å²) in [4.78, 5) is 0. The molecule has 3 rings (SSSR count). The first-order chi connectivity index (χ1) is 13.5. The summed E-state index contributed by atoms with van der Waals surface area (Å²) in [6.45, 7) is 4.06. The number of rotatable bonds is 8. The van der Waals surface area contributed by atoms with E-state index in [-0.39, 0.29) is 12.1 Å². The van der Waals surface area contributed by atoms with E-state index < -0.39 is 7.44 Å². The zero-order valence-corrected chi connectivity index (χ0v) is 17.4. The minimum absolute atomic E-state index is 0.0791. The fourth-order valence-corrected chi connectivity index (χ4v) is 5.49. The fourth-order valence-electron chi connectivity index (χ4n) is 3.16. The molecule has 0 spiro atoms. The summed E-state index contributed by atoms with van der Waals surface area (Å²) in [5.74, 6) is 0.738. The van der Waals surface area contributed by atoms with Gasteiger partial charge in [-0.15, -0.1) is 0 Å². The van der Waals surface area contributed by atoms with E-state index in [4.69, 9.17) is 4.74 Å². The molecular formula is C23H27N2O2P. The summed E-state index contributed by atoms with van der Waals surface area (Å²) in [5, 5.41) is 7.46. The van der Waals surface area contributed by atoms with Gasteiger partial charge in [-0.1, -0.05) is 60.7 Å². The highest BCUT2D eigenvalue weighted by molar-refractivity contribution is 7.67. The lowest BCUT2D eigenvalue weighted by atomic mass is 10.1. The van der Waals surface area contributed by atoms with Crippen LogP contribution in [0.4, 0.5) is 0 Å². The molecule has 5 heteroatoms. The lowest BCUT2D eigenvalue weighted by molar-refractivity contribution is 0.415. The lowest BCUT2D eigenvalue weighted by Gasteiger charge is -2.28. The quantitative estimate of drug-likeness (QED) is 0.515. The van der Waals surface area contributed by atoms with Crippen LogP contribution in [-0.4, -0.2) is 7.11 Å². The van der Waals surface area contributed by atoms with Gasteiger partial charge in [0.2, 0.25) is 7.44 Å². The Morgan fingerprint density at radius 2 is 1.14 bits per heavy atom. The van der Waals surface area contributed by atoms with Crippen molar-refractivity contribution in [1.82, 2.24) is 10.2 Å². The molecule has 2 atom stereocenters. The second kappa shape index (κ2) is 9.20. The highest BCUT2D eigenvalue weighted by Gasteiger charge is 2.29. The van der Waals surface area contributed by atoms with Crippen LogP contribution in [0.5, 0.6) is 5.75 Å². The van der Waals surface area contributed by atoms with Gasteiger partial charge in [-0.05, 0) is 49.2 Å². The molecule has 2 N–H and O–H groups in total. The highest BCUT2D eigenvalue weighted by Crippen LogP contribution is 2.41. The number of benzene rings is 3. The van der Waals surface area contributed by atoms with Gasteiger partial charge in [-0.3, -0.25) is 4.57 Å². The Bertz CT molecular complexity index is 863. The van der Waals surface area contributed by atoms with Crippen LogP contribution in [-0.2, 0) is 4.57 Å². The van der Waals surface area contributed by atoms with Gasteiger partial charge in [0, 0.05) is 17.4 Å². The molecule has 0 heterocycles. The van der Waals surface area contributed by atoms with Gasteiger partial charge in [0.15, 0.2) is 0 Å². The summed E-state index contributed by atoms with van der Waals surface area (Å²) in [6, 6.07) is 27.3. The smallest absolute Gasteiger partial charge is 0.241 e. The molecule has 3 aromatic carbocycles. The largest absolute Gasteiger partial charge is 0.497 e. The van der Waals surface area contributed by atoms with Crippen LogP contribution in [0.25, 0.3) is 0 Å². The SMILES string of the molecule is COc1ccc(P(=O)(N[C@H](C)c2ccccc2)N[C@H](C)c2ccccc2)cc1. The van der Waals surface area contributed by atoms with Gasteiger partial charge in [0.1, 0.15) is 5.75 Å². The zero-order chi connectivity index (χ0) is 20.0. The lowest BCUT2D eigenvalue weighted by Crippen LogP contribution is -2.33. The van der Waals surface area contributed by atoms with Crippen molar-refractivity contribution in [3.63, 3.8) is 0 Å². The van der Waals surface area contributed by atoms with Crippen molar-refractivity contribution in [2.24, 2.45) is 0 Å². The van der Waals surface area contributed by atoms with Gasteiger partial charge >= 0.3 is 0 Å². The van der Waals surface area contributed by atoms with Crippen molar-refractivity contribution >= 4 is 12.7 Å². The average Bonchev–Trinajstić information content (AvgIpc) is 2.75. The van der Waals surface area contributed by atoms with E-state index in [0.29, 0.717) is 0 Å². The molecule has 0 bridgehead atoms. The highest BCUT2D eigenvalue weighted by atomic mass is 31.2. The van der Waals surface area contributed by atoms with Crippen LogP contribution in [0.2, 0.25) is 0 Å². The van der Waals surface area contributed by atoms with Crippen LogP contribution in [0.1, 0.15) is 37.1 Å². The van der Waals surface area contributed by atoms with Crippen LogP contribution in [0, 0.1) is 0 Å². The third-order valence-corrected chi connectivity index (χ3v) is 7.31. The van der Waals surface area contributed by atoms with Gasteiger partial charge < -0.3 is 4.74 Å². The molecule has 0 aromatic heterocycles. The third kappa shape index (κ3) is 4.90. The zero-order valence-electron chi connectivity index (χ0n) is 16.5. The molecular weight excluding hydrogens is 367 g/mol. The normalized spacial score (nSPS) is 13.7. The number of methoxy groups -OCH3 is 1. The molecule has 0 aliphatic carbocycles. The van der Waals surface area contributed by atoms with E-state index >= 15 is 0 Å². The minimum Gasteiger partial charge on any atom is -0.497 e. The first-order valence-corrected chi connectivity index (χ1v) is 11.1. The molecule has 0 unspecified atom stereocenters. The maximum absolute atomic E-state index is 14.1. The number of nitrogens with one attached hydrogen (secondary N) is 2. The van der Waals surface area contributed by atoms with E-state index in [0.717, 1.165) is 22.2 Å². The van der Waals surface area contributed by atoms with Crippen LogP contribution >= 0.6 is 7.44 Å². The molecule has 4 nitrogen and oxygen atoms in total. The van der Waals surface area contributed by atoms with Crippen LogP contribution in [0.3, 0.4) is 0 Å². The number of hydrogen-bond donors (Lipinski definition) is 2. The van der Waals surface area contributed by atoms with Crippen molar-refractivity contribution in [3.05, 3.63) is 96.1 Å². The van der Waals surface area contributed by atoms with Gasteiger partial charge in [-0.2, -0.15) is 0 Å². The summed E-state index contributed by atoms with van der Waals surface area (Å²) in [5.41, 5.74) is 2.18. The van der Waals surface area contributed by atoms with Crippen LogP contribution < -0.4 is 20.2 Å². The molecule has 0 aliphatic rings. The fraction of sp³-hybridized carbons (Fsp3) is 0.217. The maximum atomic E-state index is 14.1. The number of hydrogen-bond acceptors (Lipinski definition) is 2. The Morgan fingerprint density at radius 1 is 0.714 bits per heavy atom. The minimum atomic E-state index is -3.10. The molecule has 3 aromatic rings. The predicted octanol–water partition coefficient (Wildman–Crippen LogP) is 5.22. The second-order valence-corrected chi connectivity index (χ2v) is 9.08. The first-order valence-electron chi connectivity index (χ1n) is 9.42. The molecule has 0 fully saturated rings. The molecule has 0 saturated carbocycles. The molecule has 28 heavy (non-hydrogen) atoms. The topological polar surface area (TPSA) is 50.4 Å². The van der Waals surface area contributed by atoms with Gasteiger partial charge in [-0.25, -0.2) is 10.2 Å². The number of ether oxygens (including phenoxy) is 1. The first kappa shape index (κ1) is 20.3. The molecule has 0 aliphatic heterocycles. The van der Waals surface area contributed by atoms with Gasteiger partial charge in [0.25, 0.3) is 0 Å². The van der Waals surface area contributed by atoms with E-state index in [1.807, 2.05) is 98.8 Å². The van der Waals surface area contributed by atoms with Crippen molar-refractivity contribution in [3.8, 4) is 5.75 Å². The summed E-state index contributed by atoms with van der Waals surface area (Å²) < 4.78 is 19.4. The molecule has 0 saturated heterocycles. The van der Waals surface area contributed by atoms with E-state index in [9.17, 15) is 4.57 Å². The Balaban J connectivity index is 1.91. The maximum Gasteiger partial charge on any atom is 0.241 e. The van der Waals surface area contributed by atoms with Crippen molar-refractivity contribution in [2.75, 3.05) is 7.11 Å². The van der Waals surface area contributed by atoms with Crippen molar-refractivity contribution in [2.45, 2.75) is 25.9 Å². The third-order valence-electron chi connectivity index (χ3n) is 4.79. The molecule has 146 valence electrons. The predicted molar refractivity (Wildman–Crippen MR) is 116 cm³/mol. The summed E-state index contributed by atoms with van der Waals surface area (Å²) in [7, 11) is -1.48. The summed E-state index contributed by atoms with van der Waals surface area (Å²) in [6.07, 6.45) is 0. The van der Waals surface area contributed by atoms with Crippen LogP contribution in [0.15, 0.2) is 84.9 Å². The Hall–Kier alpha value is -2.39. The Labute approximate surface area is 167 Å². The van der Waals surface area contributed by atoms with E-state index in [1.54, 1.807) is 7.11 Å². The Morgan fingerprint density at radius 3 is 1.54 bits per heavy atom. The van der Waals surface area contributed by atoms with E-state index in [2.05, 4.69) is 10.2 Å². The average molecular weight is 394 g/mol. The van der Waals surface area contributed by atoms with Crippen molar-refractivity contribution in [1.29, 1.82) is 0 Å².